The van der Waals surface area contributed by atoms with Crippen LogP contribution in [0.15, 0.2) is 59.7 Å². The summed E-state index contributed by atoms with van der Waals surface area (Å²) in [5, 5.41) is 0.0432. The third-order valence-electron chi connectivity index (χ3n) is 2.22. The second-order valence-corrected chi connectivity index (χ2v) is 4.36. The maximum Gasteiger partial charge on any atom is 0.224 e. The van der Waals surface area contributed by atoms with E-state index in [0.29, 0.717) is 11.3 Å². The molecule has 0 spiro atoms. The number of rotatable bonds is 2. The van der Waals surface area contributed by atoms with Crippen LogP contribution >= 0.6 is 11.8 Å². The van der Waals surface area contributed by atoms with Crippen LogP contribution in [0.2, 0.25) is 0 Å². The summed E-state index contributed by atoms with van der Waals surface area (Å²) in [7, 11) is 0. The number of carbonyl (C=O) groups is 1. The monoisotopic (exact) mass is 229 g/mol. The highest BCUT2D eigenvalue weighted by Crippen LogP contribution is 2.40. The number of allylic oxidation sites excluding steroid dienone is 3. The molecule has 0 unspecified atom stereocenters. The van der Waals surface area contributed by atoms with Gasteiger partial charge >= 0.3 is 0 Å². The first-order valence-corrected chi connectivity index (χ1v) is 5.65. The lowest BCUT2D eigenvalue weighted by Gasteiger charge is -1.98. The van der Waals surface area contributed by atoms with E-state index in [1.54, 1.807) is 18.2 Å². The molecule has 1 heterocycles. The van der Waals surface area contributed by atoms with Crippen LogP contribution in [0.3, 0.4) is 0 Å². The summed E-state index contributed by atoms with van der Waals surface area (Å²) in [6, 6.07) is 7.70. The van der Waals surface area contributed by atoms with Crippen LogP contribution in [0.5, 0.6) is 0 Å². The number of hydrogen-bond acceptors (Lipinski definition) is 3. The van der Waals surface area contributed by atoms with Crippen molar-refractivity contribution in [2.45, 2.75) is 4.90 Å². The number of benzene rings is 1. The minimum atomic E-state index is 0.0432. The van der Waals surface area contributed by atoms with Crippen LogP contribution in [-0.2, 0) is 4.79 Å². The lowest BCUT2D eigenvalue weighted by Crippen LogP contribution is -1.96. The summed E-state index contributed by atoms with van der Waals surface area (Å²) in [6.45, 7) is 3.56. The number of carbonyl (C=O) groups excluding carboxylic acids is 1. The molecule has 1 aliphatic rings. The predicted molar refractivity (Wildman–Crippen MR) is 67.8 cm³/mol. The molecule has 2 rings (SSSR count). The Labute approximate surface area is 98.5 Å². The van der Waals surface area contributed by atoms with Gasteiger partial charge in [-0.05, 0) is 30.0 Å². The highest BCUT2D eigenvalue weighted by atomic mass is 32.2. The van der Waals surface area contributed by atoms with Gasteiger partial charge in [-0.15, -0.1) is 0 Å². The Kier molecular flexibility index (Phi) is 2.97. The average Bonchev–Trinajstić information content (AvgIpc) is 2.56. The Balaban J connectivity index is 2.47. The molecule has 2 nitrogen and oxygen atoms in total. The Bertz CT molecular complexity index is 514. The van der Waals surface area contributed by atoms with Crippen molar-refractivity contribution in [1.29, 1.82) is 0 Å². The van der Waals surface area contributed by atoms with Crippen LogP contribution in [0, 0.1) is 0 Å². The first kappa shape index (κ1) is 10.8. The smallest absolute Gasteiger partial charge is 0.224 e. The van der Waals surface area contributed by atoms with Gasteiger partial charge in [0.25, 0.3) is 0 Å². The minimum Gasteiger partial charge on any atom is -0.399 e. The summed E-state index contributed by atoms with van der Waals surface area (Å²) in [5.74, 6) is 0. The number of hydrogen-bond donors (Lipinski definition) is 1. The lowest BCUT2D eigenvalue weighted by molar-refractivity contribution is -0.106. The fourth-order valence-electron chi connectivity index (χ4n) is 1.53. The Morgan fingerprint density at radius 1 is 1.38 bits per heavy atom. The first-order valence-electron chi connectivity index (χ1n) is 4.84. The number of fused-ring (bicyclic) bond motifs is 1. The zero-order valence-corrected chi connectivity index (χ0v) is 9.46. The van der Waals surface area contributed by atoms with Crippen molar-refractivity contribution in [1.82, 2.24) is 0 Å². The zero-order chi connectivity index (χ0) is 11.5. The van der Waals surface area contributed by atoms with Gasteiger partial charge in [0.05, 0.1) is 0 Å². The van der Waals surface area contributed by atoms with Crippen molar-refractivity contribution in [3.8, 4) is 0 Å². The van der Waals surface area contributed by atoms with E-state index in [1.807, 2.05) is 24.3 Å². The Morgan fingerprint density at radius 3 is 2.88 bits per heavy atom. The topological polar surface area (TPSA) is 43.1 Å². The molecule has 2 N–H and O–H groups in total. The summed E-state index contributed by atoms with van der Waals surface area (Å²) in [4.78, 5) is 12.7. The van der Waals surface area contributed by atoms with Gasteiger partial charge in [0, 0.05) is 21.7 Å². The van der Waals surface area contributed by atoms with Crippen molar-refractivity contribution in [3.05, 3.63) is 60.3 Å². The molecule has 3 heteroatoms. The fraction of sp³-hybridized carbons (Fsp3) is 0. The Hall–Kier alpha value is -1.74. The van der Waals surface area contributed by atoms with Crippen molar-refractivity contribution in [3.63, 3.8) is 0 Å². The van der Waals surface area contributed by atoms with Crippen LogP contribution in [-0.4, -0.2) is 5.12 Å². The van der Waals surface area contributed by atoms with Crippen molar-refractivity contribution in [2.24, 2.45) is 5.73 Å². The summed E-state index contributed by atoms with van der Waals surface area (Å²) < 4.78 is 0. The Morgan fingerprint density at radius 2 is 2.12 bits per heavy atom. The van der Waals surface area contributed by atoms with E-state index >= 15 is 0 Å². The maximum absolute atomic E-state index is 11.8. The van der Waals surface area contributed by atoms with Crippen molar-refractivity contribution in [2.75, 3.05) is 0 Å². The van der Waals surface area contributed by atoms with Gasteiger partial charge < -0.3 is 5.73 Å². The molecule has 1 aromatic rings. The lowest BCUT2D eigenvalue weighted by atomic mass is 10.1. The molecule has 0 bridgehead atoms. The molecule has 0 atom stereocenters. The normalized spacial score (nSPS) is 17.6. The van der Waals surface area contributed by atoms with Gasteiger partial charge in [0.1, 0.15) is 0 Å². The van der Waals surface area contributed by atoms with Gasteiger partial charge in [0.2, 0.25) is 5.12 Å². The molecule has 0 saturated carbocycles. The van der Waals surface area contributed by atoms with Gasteiger partial charge in [-0.1, -0.05) is 30.9 Å². The predicted octanol–water partition coefficient (Wildman–Crippen LogP) is 2.73. The van der Waals surface area contributed by atoms with Crippen LogP contribution in [0.1, 0.15) is 5.56 Å². The van der Waals surface area contributed by atoms with E-state index in [9.17, 15) is 4.79 Å². The highest BCUT2D eigenvalue weighted by molar-refractivity contribution is 8.15. The van der Waals surface area contributed by atoms with Crippen LogP contribution < -0.4 is 5.73 Å². The molecular formula is C13H11NOS. The van der Waals surface area contributed by atoms with Gasteiger partial charge in [0.15, 0.2) is 0 Å². The second kappa shape index (κ2) is 4.41. The van der Waals surface area contributed by atoms with E-state index in [2.05, 4.69) is 6.58 Å². The van der Waals surface area contributed by atoms with Gasteiger partial charge in [-0.25, -0.2) is 0 Å². The highest BCUT2D eigenvalue weighted by Gasteiger charge is 2.24. The summed E-state index contributed by atoms with van der Waals surface area (Å²) in [6.07, 6.45) is 4.97. The molecule has 0 aromatic heterocycles. The van der Waals surface area contributed by atoms with E-state index in [0.717, 1.165) is 10.5 Å². The molecule has 0 aliphatic carbocycles. The largest absolute Gasteiger partial charge is 0.399 e. The van der Waals surface area contributed by atoms with E-state index < -0.39 is 0 Å². The number of thioether (sulfide) groups is 1. The molecule has 0 radical (unpaired) electrons. The number of nitrogens with two attached hydrogens (primary N) is 1. The van der Waals surface area contributed by atoms with Gasteiger partial charge in [-0.2, -0.15) is 0 Å². The maximum atomic E-state index is 11.8. The molecule has 1 aromatic carbocycles. The third-order valence-corrected chi connectivity index (χ3v) is 3.20. The molecular weight excluding hydrogens is 218 g/mol. The van der Waals surface area contributed by atoms with Crippen LogP contribution in [0.25, 0.3) is 5.57 Å². The fourth-order valence-corrected chi connectivity index (χ4v) is 2.44. The summed E-state index contributed by atoms with van der Waals surface area (Å²) in [5.41, 5.74) is 7.89. The molecule has 0 saturated heterocycles. The molecule has 1 aliphatic heterocycles. The quantitative estimate of drug-likeness (QED) is 0.626. The molecule has 16 heavy (non-hydrogen) atoms. The first-order chi connectivity index (χ1) is 7.72. The third kappa shape index (κ3) is 1.95. The van der Waals surface area contributed by atoms with Crippen molar-refractivity contribution >= 4 is 22.5 Å². The van der Waals surface area contributed by atoms with Crippen molar-refractivity contribution < 1.29 is 4.79 Å². The van der Waals surface area contributed by atoms with Gasteiger partial charge in [-0.3, -0.25) is 4.79 Å². The zero-order valence-electron chi connectivity index (χ0n) is 8.64. The minimum absolute atomic E-state index is 0.0432. The molecule has 0 amide bonds. The second-order valence-electron chi connectivity index (χ2n) is 3.35. The van der Waals surface area contributed by atoms with Crippen LogP contribution in [0.4, 0.5) is 0 Å². The molecule has 0 fully saturated rings. The van der Waals surface area contributed by atoms with E-state index in [4.69, 9.17) is 5.73 Å². The van der Waals surface area contributed by atoms with E-state index in [-0.39, 0.29) is 5.12 Å². The van der Waals surface area contributed by atoms with E-state index in [1.165, 1.54) is 11.8 Å². The SMILES string of the molecule is C=C/C=C(N)/C=C1\C(=O)Sc2ccccc21. The summed E-state index contributed by atoms with van der Waals surface area (Å²) >= 11 is 1.24. The molecule has 80 valence electrons. The standard InChI is InChI=1S/C13H11NOS/c1-2-5-9(14)8-11-10-6-3-4-7-12(10)16-13(11)15/h2-8H,1,14H2/b9-5-,11-8-. The average molecular weight is 229 g/mol.